The highest BCUT2D eigenvalue weighted by atomic mass is 19.1. The normalized spacial score (nSPS) is 16.9. The third-order valence-corrected chi connectivity index (χ3v) is 2.83. The summed E-state index contributed by atoms with van der Waals surface area (Å²) in [6.07, 6.45) is 4.36. The zero-order valence-corrected chi connectivity index (χ0v) is 8.28. The van der Waals surface area contributed by atoms with E-state index >= 15 is 0 Å². The Bertz CT molecular complexity index is 488. The molecule has 1 saturated heterocycles. The fraction of sp³-hybridized carbons (Fsp3) is 0.364. The summed E-state index contributed by atoms with van der Waals surface area (Å²) >= 11 is 0. The third-order valence-electron chi connectivity index (χ3n) is 2.83. The van der Waals surface area contributed by atoms with Crippen LogP contribution in [-0.2, 0) is 6.42 Å². The van der Waals surface area contributed by atoms with Gasteiger partial charge in [0, 0.05) is 12.4 Å². The average molecular weight is 205 g/mol. The van der Waals surface area contributed by atoms with Gasteiger partial charge in [-0.25, -0.2) is 9.37 Å². The number of halogens is 1. The maximum atomic E-state index is 12.9. The van der Waals surface area contributed by atoms with E-state index in [2.05, 4.69) is 10.3 Å². The van der Waals surface area contributed by atoms with E-state index in [1.165, 1.54) is 12.3 Å². The predicted octanol–water partition coefficient (Wildman–Crippen LogP) is 1.24. The van der Waals surface area contributed by atoms with Crippen LogP contribution < -0.4 is 5.32 Å². The number of rotatable bonds is 2. The summed E-state index contributed by atoms with van der Waals surface area (Å²) in [6.45, 7) is 2.14. The van der Waals surface area contributed by atoms with Crippen molar-refractivity contribution in [2.45, 2.75) is 6.42 Å². The standard InChI is InChI=1S/C11H12FN3/c12-9-1-2-11-14-10(7-15(11)6-9)3-8-4-13-5-8/h1-2,6-8,13H,3-5H2. The number of pyridine rings is 1. The highest BCUT2D eigenvalue weighted by Gasteiger charge is 2.18. The van der Waals surface area contributed by atoms with E-state index < -0.39 is 0 Å². The summed E-state index contributed by atoms with van der Waals surface area (Å²) in [6, 6.07) is 3.15. The molecule has 4 heteroatoms. The number of nitrogens with zero attached hydrogens (tertiary/aromatic N) is 2. The van der Waals surface area contributed by atoms with Gasteiger partial charge in [0.15, 0.2) is 0 Å². The molecular weight excluding hydrogens is 193 g/mol. The maximum absolute atomic E-state index is 12.9. The monoisotopic (exact) mass is 205 g/mol. The molecule has 1 N–H and O–H groups in total. The summed E-state index contributed by atoms with van der Waals surface area (Å²) in [5, 5.41) is 3.23. The molecule has 0 atom stereocenters. The molecule has 0 amide bonds. The first-order valence-electron chi connectivity index (χ1n) is 5.15. The van der Waals surface area contributed by atoms with E-state index in [4.69, 9.17) is 0 Å². The molecule has 0 aromatic carbocycles. The van der Waals surface area contributed by atoms with Crippen molar-refractivity contribution >= 4 is 5.65 Å². The van der Waals surface area contributed by atoms with Crippen LogP contribution in [0.4, 0.5) is 4.39 Å². The van der Waals surface area contributed by atoms with Gasteiger partial charge in [-0.05, 0) is 37.6 Å². The smallest absolute Gasteiger partial charge is 0.139 e. The molecule has 78 valence electrons. The van der Waals surface area contributed by atoms with Gasteiger partial charge in [-0.15, -0.1) is 0 Å². The Hall–Kier alpha value is -1.42. The van der Waals surface area contributed by atoms with Gasteiger partial charge in [0.1, 0.15) is 11.5 Å². The fourth-order valence-electron chi connectivity index (χ4n) is 1.90. The summed E-state index contributed by atoms with van der Waals surface area (Å²) < 4.78 is 14.7. The van der Waals surface area contributed by atoms with E-state index in [0.29, 0.717) is 5.92 Å². The Kier molecular flexibility index (Phi) is 1.95. The van der Waals surface area contributed by atoms with Gasteiger partial charge in [-0.1, -0.05) is 0 Å². The van der Waals surface area contributed by atoms with Crippen LogP contribution in [0.3, 0.4) is 0 Å². The van der Waals surface area contributed by atoms with Gasteiger partial charge in [0.2, 0.25) is 0 Å². The lowest BCUT2D eigenvalue weighted by molar-refractivity contribution is 0.344. The number of nitrogens with one attached hydrogen (secondary N) is 1. The van der Waals surface area contributed by atoms with E-state index in [9.17, 15) is 4.39 Å². The zero-order chi connectivity index (χ0) is 10.3. The first kappa shape index (κ1) is 8.85. The molecule has 0 unspecified atom stereocenters. The molecule has 1 fully saturated rings. The molecule has 3 nitrogen and oxygen atoms in total. The Morgan fingerprint density at radius 1 is 1.40 bits per heavy atom. The Balaban J connectivity index is 1.91. The van der Waals surface area contributed by atoms with Crippen LogP contribution in [-0.4, -0.2) is 22.5 Å². The van der Waals surface area contributed by atoms with Crippen molar-refractivity contribution in [3.05, 3.63) is 36.0 Å². The van der Waals surface area contributed by atoms with Crippen LogP contribution in [0.2, 0.25) is 0 Å². The predicted molar refractivity (Wildman–Crippen MR) is 55.2 cm³/mol. The van der Waals surface area contributed by atoms with E-state index in [0.717, 1.165) is 30.9 Å². The number of aromatic nitrogens is 2. The SMILES string of the molecule is Fc1ccc2nc(CC3CNC3)cn2c1. The van der Waals surface area contributed by atoms with E-state index in [-0.39, 0.29) is 5.82 Å². The molecular formula is C11H12FN3. The first-order chi connectivity index (χ1) is 7.31. The summed E-state index contributed by atoms with van der Waals surface area (Å²) in [5.41, 5.74) is 1.87. The second kappa shape index (κ2) is 3.31. The van der Waals surface area contributed by atoms with Crippen molar-refractivity contribution in [1.29, 1.82) is 0 Å². The maximum Gasteiger partial charge on any atom is 0.139 e. The molecule has 2 aromatic rings. The minimum absolute atomic E-state index is 0.225. The van der Waals surface area contributed by atoms with Crippen LogP contribution >= 0.6 is 0 Å². The number of fused-ring (bicyclic) bond motifs is 1. The summed E-state index contributed by atoms with van der Waals surface area (Å²) in [4.78, 5) is 4.44. The molecule has 1 aliphatic rings. The Morgan fingerprint density at radius 2 is 2.27 bits per heavy atom. The molecule has 0 bridgehead atoms. The molecule has 0 spiro atoms. The number of hydrogen-bond donors (Lipinski definition) is 1. The summed E-state index contributed by atoms with van der Waals surface area (Å²) in [5.74, 6) is 0.469. The minimum atomic E-state index is -0.225. The van der Waals surface area contributed by atoms with Crippen molar-refractivity contribution < 1.29 is 4.39 Å². The summed E-state index contributed by atoms with van der Waals surface area (Å²) in [7, 11) is 0. The van der Waals surface area contributed by atoms with Gasteiger partial charge in [-0.2, -0.15) is 0 Å². The van der Waals surface area contributed by atoms with Crippen molar-refractivity contribution in [3.8, 4) is 0 Å². The van der Waals surface area contributed by atoms with Crippen molar-refractivity contribution in [2.75, 3.05) is 13.1 Å². The van der Waals surface area contributed by atoms with Crippen molar-refractivity contribution in [1.82, 2.24) is 14.7 Å². The van der Waals surface area contributed by atoms with Gasteiger partial charge < -0.3 is 9.72 Å². The minimum Gasteiger partial charge on any atom is -0.316 e. The first-order valence-corrected chi connectivity index (χ1v) is 5.15. The average Bonchev–Trinajstić information content (AvgIpc) is 2.53. The van der Waals surface area contributed by atoms with Crippen LogP contribution in [0.1, 0.15) is 5.69 Å². The molecule has 15 heavy (non-hydrogen) atoms. The van der Waals surface area contributed by atoms with Gasteiger partial charge >= 0.3 is 0 Å². The van der Waals surface area contributed by atoms with Crippen molar-refractivity contribution in [2.24, 2.45) is 5.92 Å². The van der Waals surface area contributed by atoms with Crippen LogP contribution in [0.5, 0.6) is 0 Å². The quantitative estimate of drug-likeness (QED) is 0.799. The molecule has 2 aromatic heterocycles. The van der Waals surface area contributed by atoms with Gasteiger partial charge in [0.05, 0.1) is 5.69 Å². The second-order valence-electron chi connectivity index (χ2n) is 4.07. The van der Waals surface area contributed by atoms with Crippen LogP contribution in [0, 0.1) is 11.7 Å². The van der Waals surface area contributed by atoms with Gasteiger partial charge in [-0.3, -0.25) is 0 Å². The highest BCUT2D eigenvalue weighted by Crippen LogP contribution is 2.13. The highest BCUT2D eigenvalue weighted by molar-refractivity contribution is 5.39. The lowest BCUT2D eigenvalue weighted by atomic mass is 9.98. The zero-order valence-electron chi connectivity index (χ0n) is 8.28. The largest absolute Gasteiger partial charge is 0.316 e. The molecule has 3 rings (SSSR count). The topological polar surface area (TPSA) is 29.3 Å². The molecule has 3 heterocycles. The molecule has 0 aliphatic carbocycles. The van der Waals surface area contributed by atoms with Gasteiger partial charge in [0.25, 0.3) is 0 Å². The van der Waals surface area contributed by atoms with E-state index in [1.54, 1.807) is 10.5 Å². The third kappa shape index (κ3) is 1.61. The molecule has 0 saturated carbocycles. The lowest BCUT2D eigenvalue weighted by Gasteiger charge is -2.25. The van der Waals surface area contributed by atoms with E-state index in [1.807, 2.05) is 6.20 Å². The molecule has 1 aliphatic heterocycles. The van der Waals surface area contributed by atoms with Crippen molar-refractivity contribution in [3.63, 3.8) is 0 Å². The van der Waals surface area contributed by atoms with Crippen LogP contribution in [0.25, 0.3) is 5.65 Å². The van der Waals surface area contributed by atoms with Crippen LogP contribution in [0.15, 0.2) is 24.5 Å². The second-order valence-corrected chi connectivity index (χ2v) is 4.07. The number of hydrogen-bond acceptors (Lipinski definition) is 2. The number of imidazole rings is 1. The Morgan fingerprint density at radius 3 is 3.00 bits per heavy atom. The lowest BCUT2D eigenvalue weighted by Crippen LogP contribution is -2.43. The Labute approximate surface area is 86.9 Å². The molecule has 0 radical (unpaired) electrons. The fourth-order valence-corrected chi connectivity index (χ4v) is 1.90.